The Morgan fingerprint density at radius 3 is 1.29 bits per heavy atom. The number of halogens is 2. The Kier molecular flexibility index (Phi) is 10.3. The summed E-state index contributed by atoms with van der Waals surface area (Å²) in [6, 6.07) is 21.6. The van der Waals surface area contributed by atoms with Crippen LogP contribution < -0.4 is 0 Å². The Labute approximate surface area is 134 Å². The van der Waals surface area contributed by atoms with Crippen LogP contribution in [0.2, 0.25) is 0 Å². The molecule has 2 aromatic carbocycles. The summed E-state index contributed by atoms with van der Waals surface area (Å²) in [5.41, 5.74) is 2.99. The van der Waals surface area contributed by atoms with Gasteiger partial charge in [-0.1, -0.05) is 0 Å². The van der Waals surface area contributed by atoms with E-state index in [1.807, 2.05) is 0 Å². The van der Waals surface area contributed by atoms with Gasteiger partial charge in [-0.3, -0.25) is 0 Å². The number of rotatable bonds is 4. The van der Waals surface area contributed by atoms with Crippen LogP contribution >= 0.6 is 34.0 Å². The second-order valence-electron chi connectivity index (χ2n) is 3.46. The maximum atomic E-state index is 2.23. The van der Waals surface area contributed by atoms with Crippen LogP contribution in [0.5, 0.6) is 0 Å². The van der Waals surface area contributed by atoms with Crippen molar-refractivity contribution >= 4 is 54.9 Å². The van der Waals surface area contributed by atoms with Crippen molar-refractivity contribution in [1.29, 1.82) is 0 Å². The first-order chi connectivity index (χ1) is 7.45. The minimum atomic E-state index is 0. The fraction of sp³-hybridized carbons (Fsp3) is 0.143. The molecular formula is C14H16Br2Te. The van der Waals surface area contributed by atoms with Gasteiger partial charge in [-0.25, -0.2) is 0 Å². The molecule has 3 heteroatoms. The molecule has 0 aromatic heterocycles. The van der Waals surface area contributed by atoms with Crippen LogP contribution in [-0.4, -0.2) is 20.9 Å². The van der Waals surface area contributed by atoms with Crippen LogP contribution in [0.1, 0.15) is 11.1 Å². The van der Waals surface area contributed by atoms with Gasteiger partial charge in [0.2, 0.25) is 0 Å². The monoisotopic (exact) mass is 472 g/mol. The first kappa shape index (κ1) is 17.2. The molecule has 0 saturated heterocycles. The van der Waals surface area contributed by atoms with Gasteiger partial charge in [0, 0.05) is 0 Å². The van der Waals surface area contributed by atoms with Gasteiger partial charge >= 0.3 is 102 Å². The predicted molar refractivity (Wildman–Crippen MR) is 86.7 cm³/mol. The van der Waals surface area contributed by atoms with Gasteiger partial charge < -0.3 is 0 Å². The summed E-state index contributed by atoms with van der Waals surface area (Å²) >= 11 is 0.0925. The van der Waals surface area contributed by atoms with Gasteiger partial charge in [0.25, 0.3) is 0 Å². The third-order valence-corrected chi connectivity index (χ3v) is 5.29. The van der Waals surface area contributed by atoms with Crippen LogP contribution in [0.3, 0.4) is 0 Å². The zero-order valence-corrected chi connectivity index (χ0v) is 15.2. The number of hydrogen-bond donors (Lipinski definition) is 0. The summed E-state index contributed by atoms with van der Waals surface area (Å²) in [5.74, 6) is 0. The van der Waals surface area contributed by atoms with Gasteiger partial charge in [0.15, 0.2) is 0 Å². The molecule has 2 aromatic rings. The van der Waals surface area contributed by atoms with E-state index in [2.05, 4.69) is 60.7 Å². The van der Waals surface area contributed by atoms with Crippen molar-refractivity contribution < 1.29 is 0 Å². The van der Waals surface area contributed by atoms with Gasteiger partial charge in [0.05, 0.1) is 0 Å². The molecule has 0 heterocycles. The molecule has 0 nitrogen and oxygen atoms in total. The van der Waals surface area contributed by atoms with Crippen LogP contribution in [0, 0.1) is 0 Å². The Bertz CT molecular complexity index is 350. The summed E-state index contributed by atoms with van der Waals surface area (Å²) in [4.78, 5) is 0. The molecular weight excluding hydrogens is 456 g/mol. The van der Waals surface area contributed by atoms with Crippen molar-refractivity contribution in [3.8, 4) is 0 Å². The fourth-order valence-corrected chi connectivity index (χ4v) is 4.17. The third-order valence-electron chi connectivity index (χ3n) is 2.22. The topological polar surface area (TPSA) is 0 Å². The molecule has 0 aliphatic heterocycles. The number of benzene rings is 2. The van der Waals surface area contributed by atoms with Crippen LogP contribution in [-0.2, 0) is 8.94 Å². The Morgan fingerprint density at radius 1 is 0.588 bits per heavy atom. The minimum absolute atomic E-state index is 0. The van der Waals surface area contributed by atoms with Crippen LogP contribution in [0.15, 0.2) is 60.7 Å². The molecule has 0 radical (unpaired) electrons. The molecule has 0 aliphatic rings. The zero-order valence-electron chi connectivity index (χ0n) is 9.41. The van der Waals surface area contributed by atoms with E-state index in [1.165, 1.54) is 20.1 Å². The molecule has 0 saturated carbocycles. The second-order valence-corrected chi connectivity index (χ2v) is 6.28. The molecule has 0 bridgehead atoms. The molecule has 0 atom stereocenters. The zero-order chi connectivity index (χ0) is 10.3. The molecule has 0 fully saturated rings. The first-order valence-corrected chi connectivity index (χ1v) is 8.40. The maximum absolute atomic E-state index is 2.23. The van der Waals surface area contributed by atoms with E-state index >= 15 is 0 Å². The van der Waals surface area contributed by atoms with Crippen molar-refractivity contribution in [2.24, 2.45) is 0 Å². The van der Waals surface area contributed by atoms with Gasteiger partial charge in [0.1, 0.15) is 0 Å². The van der Waals surface area contributed by atoms with Gasteiger partial charge in [-0.15, -0.1) is 34.0 Å². The summed E-state index contributed by atoms with van der Waals surface area (Å²) in [7, 11) is 0. The molecule has 0 spiro atoms. The van der Waals surface area contributed by atoms with E-state index in [0.29, 0.717) is 0 Å². The molecule has 0 amide bonds. The van der Waals surface area contributed by atoms with Crippen molar-refractivity contribution in [3.05, 3.63) is 71.8 Å². The van der Waals surface area contributed by atoms with Crippen molar-refractivity contribution in [3.63, 3.8) is 0 Å². The van der Waals surface area contributed by atoms with E-state index in [0.717, 1.165) is 0 Å². The van der Waals surface area contributed by atoms with E-state index in [-0.39, 0.29) is 54.9 Å². The summed E-state index contributed by atoms with van der Waals surface area (Å²) in [6.07, 6.45) is 0. The summed E-state index contributed by atoms with van der Waals surface area (Å²) in [5, 5.41) is 0. The Morgan fingerprint density at radius 2 is 0.941 bits per heavy atom. The molecule has 17 heavy (non-hydrogen) atoms. The second kappa shape index (κ2) is 10.1. The average Bonchev–Trinajstić information content (AvgIpc) is 2.32. The van der Waals surface area contributed by atoms with Crippen molar-refractivity contribution in [2.75, 3.05) is 0 Å². The molecule has 92 valence electrons. The summed E-state index contributed by atoms with van der Waals surface area (Å²) < 4.78 is 2.61. The fourth-order valence-electron chi connectivity index (χ4n) is 1.44. The van der Waals surface area contributed by atoms with Crippen molar-refractivity contribution in [2.45, 2.75) is 8.94 Å². The van der Waals surface area contributed by atoms with Gasteiger partial charge in [-0.2, -0.15) is 0 Å². The SMILES string of the molecule is Br.Br.c1ccc(C[Te]Cc2ccccc2)cc1. The van der Waals surface area contributed by atoms with E-state index < -0.39 is 0 Å². The molecule has 2 rings (SSSR count). The quantitative estimate of drug-likeness (QED) is 0.585. The molecule has 0 N–H and O–H groups in total. The number of hydrogen-bond acceptors (Lipinski definition) is 0. The predicted octanol–water partition coefficient (Wildman–Crippen LogP) is 4.25. The van der Waals surface area contributed by atoms with E-state index in [1.54, 1.807) is 0 Å². The third kappa shape index (κ3) is 6.62. The van der Waals surface area contributed by atoms with Gasteiger partial charge in [-0.05, 0) is 0 Å². The van der Waals surface area contributed by atoms with Crippen molar-refractivity contribution in [1.82, 2.24) is 0 Å². The Balaban J connectivity index is 0.00000128. The van der Waals surface area contributed by atoms with Crippen LogP contribution in [0.4, 0.5) is 0 Å². The standard InChI is InChI=1S/C14H14Te.2BrH/c1-3-7-13(8-4-1)11-15-12-14-9-5-2-6-10-14;;/h1-10H,11-12H2;2*1H. The molecule has 0 unspecified atom stereocenters. The first-order valence-electron chi connectivity index (χ1n) is 5.11. The normalized spacial score (nSPS) is 8.94. The van der Waals surface area contributed by atoms with Crippen LogP contribution in [0.25, 0.3) is 0 Å². The van der Waals surface area contributed by atoms with E-state index in [4.69, 9.17) is 0 Å². The van der Waals surface area contributed by atoms with E-state index in [9.17, 15) is 0 Å². The summed E-state index contributed by atoms with van der Waals surface area (Å²) in [6.45, 7) is 0. The Hall–Kier alpha value is 0.190. The average molecular weight is 472 g/mol. The molecule has 0 aliphatic carbocycles.